The number of thioether (sulfide) groups is 1. The Bertz CT molecular complexity index is 907. The summed E-state index contributed by atoms with van der Waals surface area (Å²) in [4.78, 5) is 84.4. The Kier molecular flexibility index (Phi) is 15.1. The van der Waals surface area contributed by atoms with E-state index in [4.69, 9.17) is 7.85 Å². The third kappa shape index (κ3) is 12.3. The fraction of sp³-hybridized carbons (Fsp3) is 0.696. The first-order valence-electron chi connectivity index (χ1n) is 12.4. The molecule has 1 fully saturated rings. The van der Waals surface area contributed by atoms with E-state index in [0.29, 0.717) is 12.3 Å². The van der Waals surface area contributed by atoms with Crippen molar-refractivity contribution in [2.75, 3.05) is 18.2 Å². The lowest BCUT2D eigenvalue weighted by molar-refractivity contribution is -0.139. The molecule has 1 aliphatic heterocycles. The van der Waals surface area contributed by atoms with E-state index in [9.17, 15) is 33.6 Å². The summed E-state index contributed by atoms with van der Waals surface area (Å²) in [6.45, 7) is 4.28. The van der Waals surface area contributed by atoms with E-state index in [2.05, 4.69) is 33.9 Å². The lowest BCUT2D eigenvalue weighted by Crippen LogP contribution is -2.54. The molecule has 38 heavy (non-hydrogen) atoms. The predicted octanol–water partition coefficient (Wildman–Crippen LogP) is -0.990. The molecule has 4 atom stereocenters. The van der Waals surface area contributed by atoms with Crippen molar-refractivity contribution in [2.24, 2.45) is 0 Å². The van der Waals surface area contributed by atoms with Crippen molar-refractivity contribution >= 4 is 73.4 Å². The molecular formula is C23H36BN5O7S2. The highest BCUT2D eigenvalue weighted by atomic mass is 32.2. The Morgan fingerprint density at radius 1 is 0.921 bits per heavy atom. The number of rotatable bonds is 17. The van der Waals surface area contributed by atoms with E-state index in [1.165, 1.54) is 32.5 Å². The third-order valence-corrected chi connectivity index (χ3v) is 6.95. The molecule has 0 bridgehead atoms. The maximum Gasteiger partial charge on any atom is 0.242 e. The van der Waals surface area contributed by atoms with E-state index in [-0.39, 0.29) is 31.0 Å². The first kappa shape index (κ1) is 33.5. The van der Waals surface area contributed by atoms with Gasteiger partial charge in [-0.25, -0.2) is 0 Å². The molecule has 15 heteroatoms. The van der Waals surface area contributed by atoms with Gasteiger partial charge in [0.05, 0.1) is 16.8 Å². The van der Waals surface area contributed by atoms with E-state index >= 15 is 0 Å². The van der Waals surface area contributed by atoms with E-state index < -0.39 is 52.9 Å². The number of hydrogen-bond donors (Lipinski definition) is 5. The van der Waals surface area contributed by atoms with Crippen LogP contribution in [0.25, 0.3) is 0 Å². The van der Waals surface area contributed by atoms with Gasteiger partial charge in [-0.1, -0.05) is 6.42 Å². The summed E-state index contributed by atoms with van der Waals surface area (Å²) >= 11 is 5.54. The Hall–Kier alpha value is -2.55. The highest BCUT2D eigenvalue weighted by molar-refractivity contribution is 7.99. The minimum absolute atomic E-state index is 0.0115. The van der Waals surface area contributed by atoms with Crippen LogP contribution in [0, 0.1) is 0 Å². The number of nitrogens with one attached hydrogen (secondary N) is 4. The SMILES string of the molecule is [B]C(=O)CCCCCSCNC(=O)C(C)NC(=O)C(C)NC(=O)C(C)NC(=O)CCN1C(=O)CC(S)C1=O. The minimum atomic E-state index is -0.978. The van der Waals surface area contributed by atoms with Crippen LogP contribution < -0.4 is 21.3 Å². The van der Waals surface area contributed by atoms with Gasteiger partial charge in [0.15, 0.2) is 7.85 Å². The Morgan fingerprint density at radius 3 is 2.05 bits per heavy atom. The molecule has 0 aromatic heterocycles. The fourth-order valence-corrected chi connectivity index (χ4v) is 4.42. The van der Waals surface area contributed by atoms with Gasteiger partial charge in [-0.05, 0) is 45.8 Å². The molecule has 0 aromatic rings. The van der Waals surface area contributed by atoms with Crippen LogP contribution in [0.2, 0.25) is 0 Å². The molecule has 4 unspecified atom stereocenters. The molecule has 0 aliphatic carbocycles. The molecule has 2 radical (unpaired) electrons. The fourth-order valence-electron chi connectivity index (χ4n) is 3.33. The maximum atomic E-state index is 12.4. The Balaban J connectivity index is 2.28. The molecule has 6 amide bonds. The maximum absolute atomic E-state index is 12.4. The van der Waals surface area contributed by atoms with Crippen molar-refractivity contribution in [2.45, 2.75) is 82.7 Å². The van der Waals surface area contributed by atoms with Gasteiger partial charge in [-0.15, -0.1) is 11.8 Å². The molecule has 210 valence electrons. The average Bonchev–Trinajstić information content (AvgIpc) is 3.08. The highest BCUT2D eigenvalue weighted by Gasteiger charge is 2.36. The Morgan fingerprint density at radius 2 is 1.50 bits per heavy atom. The standard InChI is InChI=1S/C23H36BN5O7S2/c1-13(20(33)25-12-38-10-6-4-5-7-17(24)30)27-22(35)15(3)28-21(34)14(2)26-18(31)8-9-29-19(32)11-16(37)23(29)36/h13-16,37H,4-12H2,1-3H3,(H,25,33)(H,26,31)(H,27,35)(H,28,34). The van der Waals surface area contributed by atoms with Crippen LogP contribution in [0.4, 0.5) is 0 Å². The highest BCUT2D eigenvalue weighted by Crippen LogP contribution is 2.17. The minimum Gasteiger partial charge on any atom is -0.345 e. The molecule has 1 aliphatic rings. The van der Waals surface area contributed by atoms with Crippen LogP contribution in [0.3, 0.4) is 0 Å². The molecule has 4 N–H and O–H groups in total. The molecule has 12 nitrogen and oxygen atoms in total. The van der Waals surface area contributed by atoms with Crippen LogP contribution in [0.5, 0.6) is 0 Å². The molecular weight excluding hydrogens is 533 g/mol. The topological polar surface area (TPSA) is 171 Å². The summed E-state index contributed by atoms with van der Waals surface area (Å²) in [5, 5.41) is 9.46. The van der Waals surface area contributed by atoms with Crippen LogP contribution in [0.15, 0.2) is 0 Å². The summed E-state index contributed by atoms with van der Waals surface area (Å²) in [6.07, 6.45) is 2.69. The number of unbranched alkanes of at least 4 members (excludes halogenated alkanes) is 2. The first-order chi connectivity index (χ1) is 17.8. The summed E-state index contributed by atoms with van der Waals surface area (Å²) in [6, 6.07) is -2.78. The number of nitrogens with zero attached hydrogens (tertiary/aromatic N) is 1. The number of hydrogen-bond acceptors (Lipinski definition) is 9. The number of likely N-dealkylation sites (tertiary alicyclic amines) is 1. The van der Waals surface area contributed by atoms with Gasteiger partial charge < -0.3 is 26.1 Å². The smallest absolute Gasteiger partial charge is 0.242 e. The average molecular weight is 570 g/mol. The number of amides is 6. The summed E-state index contributed by atoms with van der Waals surface area (Å²) in [5.74, 6) is -1.78. The van der Waals surface area contributed by atoms with Crippen molar-refractivity contribution < 1.29 is 33.6 Å². The van der Waals surface area contributed by atoms with Gasteiger partial charge in [0.25, 0.3) is 0 Å². The molecule has 1 rings (SSSR count). The van der Waals surface area contributed by atoms with Gasteiger partial charge in [0.1, 0.15) is 18.1 Å². The quantitative estimate of drug-likeness (QED) is 0.0489. The second-order valence-corrected chi connectivity index (χ2v) is 10.7. The van der Waals surface area contributed by atoms with Crippen LogP contribution in [0.1, 0.15) is 59.3 Å². The number of imide groups is 1. The number of carbonyl (C=O) groups is 7. The molecule has 0 saturated carbocycles. The summed E-state index contributed by atoms with van der Waals surface area (Å²) in [7, 11) is 5.08. The van der Waals surface area contributed by atoms with Crippen LogP contribution in [-0.2, 0) is 33.6 Å². The normalized spacial score (nSPS) is 17.4. The van der Waals surface area contributed by atoms with Gasteiger partial charge >= 0.3 is 0 Å². The second-order valence-electron chi connectivity index (χ2n) is 8.97. The van der Waals surface area contributed by atoms with E-state index in [1.807, 2.05) is 0 Å². The van der Waals surface area contributed by atoms with Crippen molar-refractivity contribution in [1.82, 2.24) is 26.2 Å². The van der Waals surface area contributed by atoms with Gasteiger partial charge in [-0.2, -0.15) is 12.6 Å². The van der Waals surface area contributed by atoms with Crippen molar-refractivity contribution in [3.8, 4) is 0 Å². The van der Waals surface area contributed by atoms with Gasteiger partial charge in [-0.3, -0.25) is 33.7 Å². The van der Waals surface area contributed by atoms with Crippen molar-refractivity contribution in [1.29, 1.82) is 0 Å². The third-order valence-electron chi connectivity index (χ3n) is 5.62. The van der Waals surface area contributed by atoms with Gasteiger partial charge in [0.2, 0.25) is 35.4 Å². The zero-order valence-corrected chi connectivity index (χ0v) is 23.6. The summed E-state index contributed by atoms with van der Waals surface area (Å²) < 4.78 is 0. The number of carbonyl (C=O) groups excluding carboxylic acids is 7. The van der Waals surface area contributed by atoms with E-state index in [0.717, 1.165) is 29.9 Å². The summed E-state index contributed by atoms with van der Waals surface area (Å²) in [5.41, 5.74) is -0.314. The second kappa shape index (κ2) is 17.1. The monoisotopic (exact) mass is 569 g/mol. The lowest BCUT2D eigenvalue weighted by Gasteiger charge is -2.21. The zero-order valence-electron chi connectivity index (χ0n) is 21.9. The molecule has 0 aromatic carbocycles. The van der Waals surface area contributed by atoms with Crippen LogP contribution in [-0.4, -0.2) is 95.4 Å². The van der Waals surface area contributed by atoms with Gasteiger partial charge in [0, 0.05) is 19.4 Å². The lowest BCUT2D eigenvalue weighted by atomic mass is 9.97. The predicted molar refractivity (Wildman–Crippen MR) is 146 cm³/mol. The van der Waals surface area contributed by atoms with Crippen molar-refractivity contribution in [3.63, 3.8) is 0 Å². The molecule has 1 saturated heterocycles. The number of thiol groups is 1. The molecule has 1 heterocycles. The zero-order chi connectivity index (χ0) is 28.8. The Labute approximate surface area is 233 Å². The van der Waals surface area contributed by atoms with Crippen molar-refractivity contribution in [3.05, 3.63) is 0 Å². The van der Waals surface area contributed by atoms with E-state index in [1.54, 1.807) is 0 Å². The first-order valence-corrected chi connectivity index (χ1v) is 14.1. The largest absolute Gasteiger partial charge is 0.345 e. The van der Waals surface area contributed by atoms with Crippen LogP contribution >= 0.6 is 24.4 Å². The molecule has 0 spiro atoms.